The number of hydrogen-bond acceptors (Lipinski definition) is 2. The standard InChI is InChI=1S/C11H13N3/c1-14-11(12-9-13-14)8-7-10-5-3-2-4-6-10/h2-6,9H,7-8H2,1H3. The molecule has 0 saturated heterocycles. The van der Waals surface area contributed by atoms with E-state index in [0.717, 1.165) is 18.7 Å². The molecule has 0 aliphatic heterocycles. The van der Waals surface area contributed by atoms with Crippen molar-refractivity contribution in [3.8, 4) is 0 Å². The highest BCUT2D eigenvalue weighted by molar-refractivity contribution is 5.15. The molecule has 0 fully saturated rings. The largest absolute Gasteiger partial charge is 0.253 e. The van der Waals surface area contributed by atoms with Crippen LogP contribution in [-0.4, -0.2) is 14.8 Å². The maximum absolute atomic E-state index is 4.18. The molecule has 2 rings (SSSR count). The van der Waals surface area contributed by atoms with Crippen molar-refractivity contribution in [3.63, 3.8) is 0 Å². The molecule has 0 aliphatic carbocycles. The molecule has 0 aliphatic rings. The van der Waals surface area contributed by atoms with Gasteiger partial charge in [-0.3, -0.25) is 4.68 Å². The Morgan fingerprint density at radius 2 is 1.93 bits per heavy atom. The molecular weight excluding hydrogens is 174 g/mol. The number of aromatic nitrogens is 3. The third-order valence-electron chi connectivity index (χ3n) is 2.29. The van der Waals surface area contributed by atoms with E-state index in [1.54, 1.807) is 6.33 Å². The fourth-order valence-electron chi connectivity index (χ4n) is 1.45. The van der Waals surface area contributed by atoms with Crippen molar-refractivity contribution < 1.29 is 0 Å². The zero-order valence-corrected chi connectivity index (χ0v) is 8.22. The van der Waals surface area contributed by atoms with Crippen LogP contribution >= 0.6 is 0 Å². The van der Waals surface area contributed by atoms with E-state index in [4.69, 9.17) is 0 Å². The molecule has 0 atom stereocenters. The molecule has 3 heteroatoms. The Hall–Kier alpha value is -1.64. The lowest BCUT2D eigenvalue weighted by Gasteiger charge is -2.00. The summed E-state index contributed by atoms with van der Waals surface area (Å²) in [6.07, 6.45) is 3.56. The van der Waals surface area contributed by atoms with Crippen molar-refractivity contribution in [2.75, 3.05) is 0 Å². The van der Waals surface area contributed by atoms with Gasteiger partial charge in [0.1, 0.15) is 12.2 Å². The molecule has 1 aromatic carbocycles. The van der Waals surface area contributed by atoms with Crippen molar-refractivity contribution in [3.05, 3.63) is 48.0 Å². The first-order valence-corrected chi connectivity index (χ1v) is 4.73. The van der Waals surface area contributed by atoms with Gasteiger partial charge in [-0.15, -0.1) is 0 Å². The molecule has 72 valence electrons. The zero-order chi connectivity index (χ0) is 9.80. The first-order chi connectivity index (χ1) is 6.86. The van der Waals surface area contributed by atoms with Crippen LogP contribution in [0.25, 0.3) is 0 Å². The maximum Gasteiger partial charge on any atom is 0.138 e. The van der Waals surface area contributed by atoms with Gasteiger partial charge in [-0.1, -0.05) is 30.3 Å². The predicted octanol–water partition coefficient (Wildman–Crippen LogP) is 1.60. The summed E-state index contributed by atoms with van der Waals surface area (Å²) < 4.78 is 1.82. The van der Waals surface area contributed by atoms with Crippen LogP contribution in [0.2, 0.25) is 0 Å². The molecule has 0 N–H and O–H groups in total. The fraction of sp³-hybridized carbons (Fsp3) is 0.273. The number of benzene rings is 1. The van der Waals surface area contributed by atoms with Crippen LogP contribution in [0.15, 0.2) is 36.7 Å². The van der Waals surface area contributed by atoms with Crippen LogP contribution in [-0.2, 0) is 19.9 Å². The van der Waals surface area contributed by atoms with Gasteiger partial charge in [-0.05, 0) is 12.0 Å². The lowest BCUT2D eigenvalue weighted by atomic mass is 10.1. The second kappa shape index (κ2) is 4.05. The molecule has 0 radical (unpaired) electrons. The summed E-state index contributed by atoms with van der Waals surface area (Å²) in [4.78, 5) is 4.18. The summed E-state index contributed by atoms with van der Waals surface area (Å²) in [5.74, 6) is 1.04. The van der Waals surface area contributed by atoms with Crippen molar-refractivity contribution in [1.82, 2.24) is 14.8 Å². The van der Waals surface area contributed by atoms with Crippen molar-refractivity contribution in [2.45, 2.75) is 12.8 Å². The van der Waals surface area contributed by atoms with E-state index in [1.807, 2.05) is 17.8 Å². The fourth-order valence-corrected chi connectivity index (χ4v) is 1.45. The molecule has 2 aromatic rings. The summed E-state index contributed by atoms with van der Waals surface area (Å²) in [6, 6.07) is 10.4. The van der Waals surface area contributed by atoms with Gasteiger partial charge in [-0.2, -0.15) is 5.10 Å². The molecular formula is C11H13N3. The summed E-state index contributed by atoms with van der Waals surface area (Å²) >= 11 is 0. The minimum Gasteiger partial charge on any atom is -0.253 e. The molecule has 1 heterocycles. The summed E-state index contributed by atoms with van der Waals surface area (Å²) in [5, 5.41) is 4.03. The lowest BCUT2D eigenvalue weighted by Crippen LogP contribution is -2.01. The van der Waals surface area contributed by atoms with E-state index in [1.165, 1.54) is 5.56 Å². The number of nitrogens with zero attached hydrogens (tertiary/aromatic N) is 3. The van der Waals surface area contributed by atoms with E-state index < -0.39 is 0 Å². The van der Waals surface area contributed by atoms with Crippen LogP contribution < -0.4 is 0 Å². The zero-order valence-electron chi connectivity index (χ0n) is 8.22. The highest BCUT2D eigenvalue weighted by Crippen LogP contribution is 2.03. The van der Waals surface area contributed by atoms with Gasteiger partial charge >= 0.3 is 0 Å². The molecule has 0 amide bonds. The summed E-state index contributed by atoms with van der Waals surface area (Å²) in [6.45, 7) is 0. The van der Waals surface area contributed by atoms with Gasteiger partial charge in [0.15, 0.2) is 0 Å². The van der Waals surface area contributed by atoms with Gasteiger partial charge in [0.25, 0.3) is 0 Å². The predicted molar refractivity (Wildman–Crippen MR) is 54.9 cm³/mol. The second-order valence-electron chi connectivity index (χ2n) is 3.29. The molecule has 1 aromatic heterocycles. The Balaban J connectivity index is 1.99. The number of hydrogen-bond donors (Lipinski definition) is 0. The lowest BCUT2D eigenvalue weighted by molar-refractivity contribution is 0.692. The molecule has 0 unspecified atom stereocenters. The van der Waals surface area contributed by atoms with Crippen molar-refractivity contribution >= 4 is 0 Å². The molecule has 3 nitrogen and oxygen atoms in total. The Labute approximate surface area is 83.4 Å². The number of aryl methyl sites for hydroxylation is 3. The summed E-state index contributed by atoms with van der Waals surface area (Å²) in [7, 11) is 1.92. The van der Waals surface area contributed by atoms with E-state index in [0.29, 0.717) is 0 Å². The van der Waals surface area contributed by atoms with Gasteiger partial charge in [-0.25, -0.2) is 4.98 Å². The quantitative estimate of drug-likeness (QED) is 0.730. The first kappa shape index (κ1) is 8.94. The molecule has 14 heavy (non-hydrogen) atoms. The van der Waals surface area contributed by atoms with Gasteiger partial charge < -0.3 is 0 Å². The first-order valence-electron chi connectivity index (χ1n) is 4.73. The van der Waals surface area contributed by atoms with Crippen LogP contribution in [0.4, 0.5) is 0 Å². The molecule has 0 spiro atoms. The van der Waals surface area contributed by atoms with Crippen molar-refractivity contribution in [2.24, 2.45) is 7.05 Å². The average Bonchev–Trinajstić information content (AvgIpc) is 2.63. The highest BCUT2D eigenvalue weighted by atomic mass is 15.3. The normalized spacial score (nSPS) is 10.4. The SMILES string of the molecule is Cn1ncnc1CCc1ccccc1. The Bertz CT molecular complexity index is 392. The maximum atomic E-state index is 4.18. The third kappa shape index (κ3) is 1.99. The van der Waals surface area contributed by atoms with Crippen LogP contribution in [0.3, 0.4) is 0 Å². The van der Waals surface area contributed by atoms with Gasteiger partial charge in [0.2, 0.25) is 0 Å². The van der Waals surface area contributed by atoms with E-state index in [-0.39, 0.29) is 0 Å². The van der Waals surface area contributed by atoms with Crippen LogP contribution in [0.5, 0.6) is 0 Å². The summed E-state index contributed by atoms with van der Waals surface area (Å²) in [5.41, 5.74) is 1.34. The smallest absolute Gasteiger partial charge is 0.138 e. The Kier molecular flexibility index (Phi) is 2.58. The van der Waals surface area contributed by atoms with E-state index >= 15 is 0 Å². The van der Waals surface area contributed by atoms with Gasteiger partial charge in [0, 0.05) is 13.5 Å². The minimum absolute atomic E-state index is 0.945. The average molecular weight is 187 g/mol. The van der Waals surface area contributed by atoms with Crippen LogP contribution in [0, 0.1) is 0 Å². The Morgan fingerprint density at radius 3 is 2.57 bits per heavy atom. The van der Waals surface area contributed by atoms with Gasteiger partial charge in [0.05, 0.1) is 0 Å². The minimum atomic E-state index is 0.945. The third-order valence-corrected chi connectivity index (χ3v) is 2.29. The second-order valence-corrected chi connectivity index (χ2v) is 3.29. The molecule has 0 saturated carbocycles. The highest BCUT2D eigenvalue weighted by Gasteiger charge is 2.00. The topological polar surface area (TPSA) is 30.7 Å². The Morgan fingerprint density at radius 1 is 1.14 bits per heavy atom. The number of rotatable bonds is 3. The van der Waals surface area contributed by atoms with Crippen molar-refractivity contribution in [1.29, 1.82) is 0 Å². The monoisotopic (exact) mass is 187 g/mol. The molecule has 0 bridgehead atoms. The van der Waals surface area contributed by atoms with E-state index in [2.05, 4.69) is 34.3 Å². The van der Waals surface area contributed by atoms with Crippen LogP contribution in [0.1, 0.15) is 11.4 Å². The van der Waals surface area contributed by atoms with E-state index in [9.17, 15) is 0 Å².